The third-order valence-electron chi connectivity index (χ3n) is 2.32. The predicted octanol–water partition coefficient (Wildman–Crippen LogP) is 2.61. The molecule has 0 aliphatic carbocycles. The van der Waals surface area contributed by atoms with Crippen LogP contribution in [0.25, 0.3) is 10.9 Å². The molecule has 0 unspecified atom stereocenters. The molecule has 1 heterocycles. The van der Waals surface area contributed by atoms with Crippen LogP contribution >= 0.6 is 15.9 Å². The van der Waals surface area contributed by atoms with Crippen LogP contribution in [0, 0.1) is 6.92 Å². The topological polar surface area (TPSA) is 34.9 Å². The Morgan fingerprint density at radius 2 is 2.31 bits per heavy atom. The standard InChI is InChI=1S/C12H11BrN2O/c1-8-3-4-11-10(5-8)12(16)15(7-14-11)6-9(2)13/h3-5,7H,2,6H2,1H3. The van der Waals surface area contributed by atoms with Gasteiger partial charge in [0.15, 0.2) is 0 Å². The molecule has 0 N–H and O–H groups in total. The van der Waals surface area contributed by atoms with Crippen molar-refractivity contribution in [3.8, 4) is 0 Å². The van der Waals surface area contributed by atoms with E-state index in [0.29, 0.717) is 11.9 Å². The highest BCUT2D eigenvalue weighted by Crippen LogP contribution is 2.10. The van der Waals surface area contributed by atoms with Crippen LogP contribution in [-0.2, 0) is 6.54 Å². The van der Waals surface area contributed by atoms with Crippen molar-refractivity contribution in [3.05, 3.63) is 51.5 Å². The van der Waals surface area contributed by atoms with Gasteiger partial charge in [-0.3, -0.25) is 9.36 Å². The zero-order valence-corrected chi connectivity index (χ0v) is 10.5. The van der Waals surface area contributed by atoms with Crippen LogP contribution in [0.4, 0.5) is 0 Å². The van der Waals surface area contributed by atoms with Gasteiger partial charge >= 0.3 is 0 Å². The number of allylic oxidation sites excluding steroid dienone is 1. The number of hydrogen-bond donors (Lipinski definition) is 0. The second-order valence-corrected chi connectivity index (χ2v) is 4.84. The molecule has 2 rings (SSSR count). The number of hydrogen-bond acceptors (Lipinski definition) is 2. The van der Waals surface area contributed by atoms with Gasteiger partial charge in [-0.25, -0.2) is 4.98 Å². The first-order valence-corrected chi connectivity index (χ1v) is 5.66. The average molecular weight is 279 g/mol. The summed E-state index contributed by atoms with van der Waals surface area (Å²) in [5.74, 6) is 0. The van der Waals surface area contributed by atoms with E-state index in [9.17, 15) is 4.79 Å². The highest BCUT2D eigenvalue weighted by atomic mass is 79.9. The summed E-state index contributed by atoms with van der Waals surface area (Å²) >= 11 is 3.24. The van der Waals surface area contributed by atoms with Gasteiger partial charge in [-0.2, -0.15) is 0 Å². The number of nitrogens with zero attached hydrogens (tertiary/aromatic N) is 2. The van der Waals surface area contributed by atoms with Gasteiger partial charge in [0.1, 0.15) is 0 Å². The number of halogens is 1. The lowest BCUT2D eigenvalue weighted by Crippen LogP contribution is -2.20. The molecule has 0 fully saturated rings. The molecule has 3 nitrogen and oxygen atoms in total. The largest absolute Gasteiger partial charge is 0.294 e. The first kappa shape index (κ1) is 11.1. The minimum absolute atomic E-state index is 0.0331. The van der Waals surface area contributed by atoms with Crippen molar-refractivity contribution in [2.45, 2.75) is 13.5 Å². The zero-order valence-electron chi connectivity index (χ0n) is 8.90. The molecule has 0 radical (unpaired) electrons. The van der Waals surface area contributed by atoms with Crippen LogP contribution in [0.1, 0.15) is 5.56 Å². The van der Waals surface area contributed by atoms with E-state index in [1.165, 1.54) is 0 Å². The number of aromatic nitrogens is 2. The second-order valence-electron chi connectivity index (χ2n) is 3.72. The fraction of sp³-hybridized carbons (Fsp3) is 0.167. The van der Waals surface area contributed by atoms with Crippen molar-refractivity contribution in [2.75, 3.05) is 0 Å². The monoisotopic (exact) mass is 278 g/mol. The summed E-state index contributed by atoms with van der Waals surface area (Å²) in [5.41, 5.74) is 1.75. The van der Waals surface area contributed by atoms with Crippen molar-refractivity contribution >= 4 is 26.8 Å². The predicted molar refractivity (Wildman–Crippen MR) is 68.8 cm³/mol. The average Bonchev–Trinajstić information content (AvgIpc) is 2.22. The van der Waals surface area contributed by atoms with E-state index in [-0.39, 0.29) is 5.56 Å². The number of benzene rings is 1. The number of aryl methyl sites for hydroxylation is 1. The molecule has 0 saturated carbocycles. The minimum Gasteiger partial charge on any atom is -0.294 e. The molecule has 0 atom stereocenters. The molecule has 82 valence electrons. The molecule has 4 heteroatoms. The summed E-state index contributed by atoms with van der Waals surface area (Å²) in [4.78, 5) is 16.3. The Kier molecular flexibility index (Phi) is 2.92. The van der Waals surface area contributed by atoms with Crippen molar-refractivity contribution in [1.29, 1.82) is 0 Å². The lowest BCUT2D eigenvalue weighted by molar-refractivity contribution is 0.763. The van der Waals surface area contributed by atoms with E-state index < -0.39 is 0 Å². The molecule has 0 saturated heterocycles. The number of rotatable bonds is 2. The summed E-state index contributed by atoms with van der Waals surface area (Å²) < 4.78 is 2.29. The van der Waals surface area contributed by atoms with E-state index in [2.05, 4.69) is 27.5 Å². The fourth-order valence-corrected chi connectivity index (χ4v) is 1.84. The van der Waals surface area contributed by atoms with Gasteiger partial charge in [-0.15, -0.1) is 0 Å². The van der Waals surface area contributed by atoms with Crippen molar-refractivity contribution in [2.24, 2.45) is 0 Å². The van der Waals surface area contributed by atoms with E-state index >= 15 is 0 Å². The van der Waals surface area contributed by atoms with Gasteiger partial charge in [0.25, 0.3) is 5.56 Å². The van der Waals surface area contributed by atoms with Crippen LogP contribution in [0.3, 0.4) is 0 Å². The van der Waals surface area contributed by atoms with E-state index in [0.717, 1.165) is 15.6 Å². The third-order valence-corrected chi connectivity index (χ3v) is 2.57. The van der Waals surface area contributed by atoms with Gasteiger partial charge in [0.05, 0.1) is 23.8 Å². The Balaban J connectivity index is 2.68. The van der Waals surface area contributed by atoms with Gasteiger partial charge < -0.3 is 0 Å². The molecule has 1 aromatic heterocycles. The normalized spacial score (nSPS) is 10.6. The lowest BCUT2D eigenvalue weighted by atomic mass is 10.2. The summed E-state index contributed by atoms with van der Waals surface area (Å²) in [5, 5.41) is 0.649. The summed E-state index contributed by atoms with van der Waals surface area (Å²) in [6, 6.07) is 5.67. The quantitative estimate of drug-likeness (QED) is 0.847. The maximum absolute atomic E-state index is 12.1. The molecule has 0 bridgehead atoms. The van der Waals surface area contributed by atoms with Crippen molar-refractivity contribution < 1.29 is 0 Å². The van der Waals surface area contributed by atoms with Crippen molar-refractivity contribution in [3.63, 3.8) is 0 Å². The van der Waals surface area contributed by atoms with E-state index in [4.69, 9.17) is 0 Å². The minimum atomic E-state index is -0.0331. The van der Waals surface area contributed by atoms with Crippen LogP contribution in [-0.4, -0.2) is 9.55 Å². The number of fused-ring (bicyclic) bond motifs is 1. The molecule has 0 aliphatic rings. The first-order chi connectivity index (χ1) is 7.58. The highest BCUT2D eigenvalue weighted by Gasteiger charge is 2.04. The van der Waals surface area contributed by atoms with Crippen LogP contribution in [0.5, 0.6) is 0 Å². The Bertz CT molecular complexity index is 616. The van der Waals surface area contributed by atoms with Gasteiger partial charge in [0.2, 0.25) is 0 Å². The summed E-state index contributed by atoms with van der Waals surface area (Å²) in [6.45, 7) is 6.12. The SMILES string of the molecule is C=C(Br)Cn1cnc2ccc(C)cc2c1=O. The zero-order chi connectivity index (χ0) is 11.7. The van der Waals surface area contributed by atoms with Crippen LogP contribution in [0.15, 0.2) is 40.4 Å². The first-order valence-electron chi connectivity index (χ1n) is 4.87. The fourth-order valence-electron chi connectivity index (χ4n) is 1.57. The molecular formula is C12H11BrN2O. The van der Waals surface area contributed by atoms with Gasteiger partial charge in [-0.1, -0.05) is 34.1 Å². The highest BCUT2D eigenvalue weighted by molar-refractivity contribution is 9.11. The Morgan fingerprint density at radius 1 is 1.56 bits per heavy atom. The smallest absolute Gasteiger partial charge is 0.261 e. The molecule has 0 aliphatic heterocycles. The third kappa shape index (κ3) is 2.07. The molecule has 0 amide bonds. The second kappa shape index (κ2) is 4.22. The molecule has 1 aromatic carbocycles. The van der Waals surface area contributed by atoms with Crippen LogP contribution < -0.4 is 5.56 Å². The maximum atomic E-state index is 12.1. The Hall–Kier alpha value is -1.42. The lowest BCUT2D eigenvalue weighted by Gasteiger charge is -2.05. The van der Waals surface area contributed by atoms with Gasteiger partial charge in [-0.05, 0) is 19.1 Å². The maximum Gasteiger partial charge on any atom is 0.261 e. The van der Waals surface area contributed by atoms with E-state index in [1.54, 1.807) is 10.9 Å². The Labute approximate surface area is 102 Å². The summed E-state index contributed by atoms with van der Waals surface area (Å²) in [6.07, 6.45) is 1.55. The molecular weight excluding hydrogens is 268 g/mol. The molecule has 0 spiro atoms. The van der Waals surface area contributed by atoms with Crippen molar-refractivity contribution in [1.82, 2.24) is 9.55 Å². The Morgan fingerprint density at radius 3 is 3.00 bits per heavy atom. The van der Waals surface area contributed by atoms with E-state index in [1.807, 2.05) is 25.1 Å². The summed E-state index contributed by atoms with van der Waals surface area (Å²) in [7, 11) is 0. The molecule has 2 aromatic rings. The van der Waals surface area contributed by atoms with Crippen LogP contribution in [0.2, 0.25) is 0 Å². The molecule has 16 heavy (non-hydrogen) atoms. The van der Waals surface area contributed by atoms with Gasteiger partial charge in [0, 0.05) is 4.48 Å².